The number of hydrogen-bond acceptors (Lipinski definition) is 6. The van der Waals surface area contributed by atoms with Gasteiger partial charge in [0.2, 0.25) is 0 Å². The van der Waals surface area contributed by atoms with E-state index < -0.39 is 0 Å². The summed E-state index contributed by atoms with van der Waals surface area (Å²) < 4.78 is 4.30. The molecule has 0 aliphatic heterocycles. The van der Waals surface area contributed by atoms with Gasteiger partial charge in [-0.2, -0.15) is 0 Å². The molecule has 0 spiro atoms. The van der Waals surface area contributed by atoms with Gasteiger partial charge in [0, 0.05) is 69.1 Å². The third kappa shape index (κ3) is 9.64. The highest BCUT2D eigenvalue weighted by atomic mass is 15.0. The lowest BCUT2D eigenvalue weighted by Gasteiger charge is -2.06. The average molecular weight is 461 g/mol. The van der Waals surface area contributed by atoms with Crippen LogP contribution in [-0.4, -0.2) is 42.2 Å². The van der Waals surface area contributed by atoms with Crippen LogP contribution in [0.4, 0.5) is 0 Å². The van der Waals surface area contributed by atoms with Crippen LogP contribution in [0.1, 0.15) is 35.4 Å². The molecule has 0 aliphatic rings. The van der Waals surface area contributed by atoms with E-state index in [-0.39, 0.29) is 0 Å². The van der Waals surface area contributed by atoms with E-state index in [0.29, 0.717) is 0 Å². The van der Waals surface area contributed by atoms with Crippen LogP contribution < -0.4 is 10.6 Å². The van der Waals surface area contributed by atoms with Gasteiger partial charge >= 0.3 is 0 Å². The van der Waals surface area contributed by atoms with Crippen LogP contribution in [-0.2, 0) is 26.2 Å². The van der Waals surface area contributed by atoms with Crippen molar-refractivity contribution in [3.8, 4) is 0 Å². The van der Waals surface area contributed by atoms with Gasteiger partial charge in [0.1, 0.15) is 0 Å². The Bertz CT molecular complexity index is 1040. The maximum absolute atomic E-state index is 4.20. The molecule has 4 rings (SSSR count). The summed E-state index contributed by atoms with van der Waals surface area (Å²) in [5.41, 5.74) is 4.75. The molecule has 180 valence electrons. The number of imidazole rings is 2. The number of nitrogens with zero attached hydrogens (tertiary/aromatic N) is 6. The van der Waals surface area contributed by atoms with Crippen molar-refractivity contribution in [2.45, 2.75) is 52.9 Å². The summed E-state index contributed by atoms with van der Waals surface area (Å²) in [5.74, 6) is 0. The normalized spacial score (nSPS) is 10.6. The smallest absolute Gasteiger partial charge is 0.0949 e. The minimum atomic E-state index is 0.886. The molecule has 4 aromatic heterocycles. The zero-order chi connectivity index (χ0) is 23.8. The SMILES string of the molecule is Cc1cn(CCCNCc2cccnc2)cn1.Cc1cncn1CCCNCc1cccnc1. The molecular formula is C26H36N8. The van der Waals surface area contributed by atoms with Gasteiger partial charge in [-0.05, 0) is 63.0 Å². The standard InChI is InChI=1S/2C13H18N4/c1-12-10-17(11-16-12)7-3-6-15-9-13-4-2-5-14-8-13;1-12-8-16-11-17(12)7-3-6-15-10-13-4-2-5-14-9-13/h2,4-5,8,10-11,15H,3,6-7,9H2,1H3;2,4-5,8-9,11,15H,3,6-7,10H2,1H3. The van der Waals surface area contributed by atoms with Gasteiger partial charge in [-0.1, -0.05) is 12.1 Å². The Morgan fingerprint density at radius 3 is 1.91 bits per heavy atom. The molecule has 0 aliphatic carbocycles. The molecule has 0 atom stereocenters. The van der Waals surface area contributed by atoms with Crippen LogP contribution in [0.5, 0.6) is 0 Å². The first-order valence-electron chi connectivity index (χ1n) is 11.8. The zero-order valence-corrected chi connectivity index (χ0v) is 20.3. The van der Waals surface area contributed by atoms with Crippen molar-refractivity contribution in [2.75, 3.05) is 13.1 Å². The highest BCUT2D eigenvalue weighted by molar-refractivity contribution is 5.08. The van der Waals surface area contributed by atoms with Crippen molar-refractivity contribution in [3.05, 3.63) is 96.6 Å². The Kier molecular flexibility index (Phi) is 10.9. The summed E-state index contributed by atoms with van der Waals surface area (Å²) >= 11 is 0. The molecule has 34 heavy (non-hydrogen) atoms. The van der Waals surface area contributed by atoms with Gasteiger partial charge in [-0.3, -0.25) is 9.97 Å². The average Bonchev–Trinajstić information content (AvgIpc) is 3.48. The number of pyridine rings is 2. The molecule has 4 aromatic rings. The summed E-state index contributed by atoms with van der Waals surface area (Å²) in [7, 11) is 0. The third-order valence-electron chi connectivity index (χ3n) is 5.31. The number of nitrogens with one attached hydrogen (secondary N) is 2. The van der Waals surface area contributed by atoms with Gasteiger partial charge in [-0.15, -0.1) is 0 Å². The second-order valence-corrected chi connectivity index (χ2v) is 8.26. The Balaban J connectivity index is 0.000000191. The Hall–Kier alpha value is -3.36. The first-order valence-corrected chi connectivity index (χ1v) is 11.8. The first kappa shape index (κ1) is 25.3. The Morgan fingerprint density at radius 1 is 0.765 bits per heavy atom. The summed E-state index contributed by atoms with van der Waals surface area (Å²) in [6.45, 7) is 9.91. The highest BCUT2D eigenvalue weighted by Crippen LogP contribution is 1.99. The van der Waals surface area contributed by atoms with E-state index in [0.717, 1.165) is 57.8 Å². The number of hydrogen-bond donors (Lipinski definition) is 2. The summed E-state index contributed by atoms with van der Waals surface area (Å²) in [6, 6.07) is 8.09. The molecule has 8 heteroatoms. The molecular weight excluding hydrogens is 424 g/mol. The van der Waals surface area contributed by atoms with Gasteiger partial charge in [0.15, 0.2) is 0 Å². The molecule has 0 radical (unpaired) electrons. The zero-order valence-electron chi connectivity index (χ0n) is 20.3. The number of aryl methyl sites for hydroxylation is 4. The quantitative estimate of drug-likeness (QED) is 0.315. The molecule has 2 N–H and O–H groups in total. The van der Waals surface area contributed by atoms with Crippen molar-refractivity contribution in [1.29, 1.82) is 0 Å². The predicted molar refractivity (Wildman–Crippen MR) is 135 cm³/mol. The van der Waals surface area contributed by atoms with Gasteiger partial charge < -0.3 is 19.8 Å². The lowest BCUT2D eigenvalue weighted by atomic mass is 10.3. The number of rotatable bonds is 12. The molecule has 8 nitrogen and oxygen atoms in total. The number of aromatic nitrogens is 6. The molecule has 0 saturated heterocycles. The minimum absolute atomic E-state index is 0.886. The van der Waals surface area contributed by atoms with E-state index in [1.165, 1.54) is 16.8 Å². The van der Waals surface area contributed by atoms with E-state index in [1.54, 1.807) is 12.4 Å². The summed E-state index contributed by atoms with van der Waals surface area (Å²) in [6.07, 6.45) is 17.3. The fourth-order valence-electron chi connectivity index (χ4n) is 3.45. The maximum Gasteiger partial charge on any atom is 0.0949 e. The molecule has 0 fully saturated rings. The lowest BCUT2D eigenvalue weighted by molar-refractivity contribution is 0.573. The van der Waals surface area contributed by atoms with E-state index >= 15 is 0 Å². The summed E-state index contributed by atoms with van der Waals surface area (Å²) in [4.78, 5) is 16.5. The van der Waals surface area contributed by atoms with Crippen molar-refractivity contribution in [1.82, 2.24) is 39.7 Å². The van der Waals surface area contributed by atoms with E-state index in [9.17, 15) is 0 Å². The van der Waals surface area contributed by atoms with E-state index in [2.05, 4.69) is 65.0 Å². The first-order chi connectivity index (χ1) is 16.7. The Morgan fingerprint density at radius 2 is 1.41 bits per heavy atom. The molecule has 0 bridgehead atoms. The summed E-state index contributed by atoms with van der Waals surface area (Å²) in [5, 5.41) is 6.81. The Labute approximate surface area is 202 Å². The van der Waals surface area contributed by atoms with Gasteiger partial charge in [0.25, 0.3) is 0 Å². The van der Waals surface area contributed by atoms with Crippen molar-refractivity contribution in [3.63, 3.8) is 0 Å². The van der Waals surface area contributed by atoms with Crippen LogP contribution in [0.15, 0.2) is 74.1 Å². The van der Waals surface area contributed by atoms with Crippen LogP contribution in [0, 0.1) is 13.8 Å². The van der Waals surface area contributed by atoms with E-state index in [4.69, 9.17) is 0 Å². The fraction of sp³-hybridized carbons (Fsp3) is 0.385. The predicted octanol–water partition coefficient (Wildman–Crippen LogP) is 3.53. The van der Waals surface area contributed by atoms with Crippen LogP contribution in [0.2, 0.25) is 0 Å². The largest absolute Gasteiger partial charge is 0.337 e. The highest BCUT2D eigenvalue weighted by Gasteiger charge is 1.97. The van der Waals surface area contributed by atoms with Gasteiger partial charge in [-0.25, -0.2) is 9.97 Å². The second-order valence-electron chi connectivity index (χ2n) is 8.26. The topological polar surface area (TPSA) is 85.5 Å². The van der Waals surface area contributed by atoms with Crippen molar-refractivity contribution >= 4 is 0 Å². The lowest BCUT2D eigenvalue weighted by Crippen LogP contribution is -2.16. The van der Waals surface area contributed by atoms with Crippen LogP contribution in [0.25, 0.3) is 0 Å². The van der Waals surface area contributed by atoms with E-state index in [1.807, 2.05) is 50.3 Å². The fourth-order valence-corrected chi connectivity index (χ4v) is 3.45. The molecule has 0 amide bonds. The second kappa shape index (κ2) is 14.7. The maximum atomic E-state index is 4.20. The van der Waals surface area contributed by atoms with Crippen LogP contribution >= 0.6 is 0 Å². The monoisotopic (exact) mass is 460 g/mol. The van der Waals surface area contributed by atoms with Gasteiger partial charge in [0.05, 0.1) is 18.3 Å². The molecule has 4 heterocycles. The minimum Gasteiger partial charge on any atom is -0.337 e. The van der Waals surface area contributed by atoms with Crippen LogP contribution in [0.3, 0.4) is 0 Å². The van der Waals surface area contributed by atoms with Crippen molar-refractivity contribution < 1.29 is 0 Å². The third-order valence-corrected chi connectivity index (χ3v) is 5.31. The molecule has 0 aromatic carbocycles. The molecule has 0 saturated carbocycles. The van der Waals surface area contributed by atoms with Crippen molar-refractivity contribution in [2.24, 2.45) is 0 Å². The molecule has 0 unspecified atom stereocenters.